The highest BCUT2D eigenvalue weighted by Gasteiger charge is 2.15. The lowest BCUT2D eigenvalue weighted by Crippen LogP contribution is -2.30. The lowest BCUT2D eigenvalue weighted by Gasteiger charge is -2.17. The lowest BCUT2D eigenvalue weighted by atomic mass is 10.1. The average molecular weight is 271 g/mol. The van der Waals surface area contributed by atoms with Crippen LogP contribution in [-0.4, -0.2) is 35.0 Å². The summed E-state index contributed by atoms with van der Waals surface area (Å²) in [6.07, 6.45) is 4.29. The van der Waals surface area contributed by atoms with E-state index in [1.165, 1.54) is 4.90 Å². The third-order valence-electron chi connectivity index (χ3n) is 2.59. The van der Waals surface area contributed by atoms with Crippen molar-refractivity contribution in [2.24, 2.45) is 0 Å². The van der Waals surface area contributed by atoms with Gasteiger partial charge in [-0.05, 0) is 5.56 Å². The van der Waals surface area contributed by atoms with E-state index in [-0.39, 0.29) is 11.5 Å². The van der Waals surface area contributed by atoms with E-state index in [0.29, 0.717) is 18.7 Å². The molecule has 0 aromatic heterocycles. The van der Waals surface area contributed by atoms with E-state index in [9.17, 15) is 14.7 Å². The Bertz CT molecular complexity index is 522. The highest BCUT2D eigenvalue weighted by atomic mass is 16.4. The van der Waals surface area contributed by atoms with Gasteiger partial charge in [0.25, 0.3) is 0 Å². The number of carboxylic acid groups (broad SMARTS) is 1. The second kappa shape index (κ2) is 7.74. The molecule has 0 bridgehead atoms. The summed E-state index contributed by atoms with van der Waals surface area (Å²) < 4.78 is 0. The standard InChI is InChI=1S/C16H17NO3/c1-3-10-17(11-4-2)15(18)12-14(16(19)20)13-8-6-5-7-9-13/h3-9,12H,1-2,10-11H2,(H,19,20)/b14-12-. The fourth-order valence-corrected chi connectivity index (χ4v) is 1.67. The molecule has 0 saturated carbocycles. The predicted octanol–water partition coefficient (Wildman–Crippen LogP) is 2.36. The Balaban J connectivity index is 3.07. The zero-order valence-corrected chi connectivity index (χ0v) is 11.2. The van der Waals surface area contributed by atoms with E-state index in [1.54, 1.807) is 42.5 Å². The predicted molar refractivity (Wildman–Crippen MR) is 79.0 cm³/mol. The molecule has 1 rings (SSSR count). The van der Waals surface area contributed by atoms with E-state index in [2.05, 4.69) is 13.2 Å². The molecule has 4 nitrogen and oxygen atoms in total. The van der Waals surface area contributed by atoms with Gasteiger partial charge in [-0.25, -0.2) is 4.79 Å². The molecule has 0 fully saturated rings. The fraction of sp³-hybridized carbons (Fsp3) is 0.125. The number of benzene rings is 1. The first-order valence-corrected chi connectivity index (χ1v) is 6.11. The van der Waals surface area contributed by atoms with E-state index < -0.39 is 5.97 Å². The van der Waals surface area contributed by atoms with Gasteiger partial charge in [-0.15, -0.1) is 13.2 Å². The number of amides is 1. The summed E-state index contributed by atoms with van der Waals surface area (Å²) in [6.45, 7) is 7.82. The van der Waals surface area contributed by atoms with Gasteiger partial charge in [0.15, 0.2) is 0 Å². The van der Waals surface area contributed by atoms with Gasteiger partial charge >= 0.3 is 5.97 Å². The van der Waals surface area contributed by atoms with Gasteiger partial charge in [0.1, 0.15) is 0 Å². The van der Waals surface area contributed by atoms with Crippen molar-refractivity contribution in [1.82, 2.24) is 4.90 Å². The number of nitrogens with zero attached hydrogens (tertiary/aromatic N) is 1. The first-order chi connectivity index (χ1) is 9.60. The first kappa shape index (κ1) is 15.4. The van der Waals surface area contributed by atoms with Crippen LogP contribution in [0.5, 0.6) is 0 Å². The number of rotatable bonds is 7. The van der Waals surface area contributed by atoms with Gasteiger partial charge < -0.3 is 10.0 Å². The molecule has 0 spiro atoms. The third-order valence-corrected chi connectivity index (χ3v) is 2.59. The number of carbonyl (C=O) groups is 2. The maximum absolute atomic E-state index is 12.1. The zero-order chi connectivity index (χ0) is 15.0. The zero-order valence-electron chi connectivity index (χ0n) is 11.2. The molecule has 0 atom stereocenters. The van der Waals surface area contributed by atoms with Crippen LogP contribution in [-0.2, 0) is 9.59 Å². The highest BCUT2D eigenvalue weighted by molar-refractivity contribution is 6.20. The molecule has 4 heteroatoms. The van der Waals surface area contributed by atoms with Crippen LogP contribution < -0.4 is 0 Å². The van der Waals surface area contributed by atoms with Crippen LogP contribution in [0.25, 0.3) is 5.57 Å². The monoisotopic (exact) mass is 271 g/mol. The van der Waals surface area contributed by atoms with Gasteiger partial charge in [-0.2, -0.15) is 0 Å². The summed E-state index contributed by atoms with van der Waals surface area (Å²) in [5.74, 6) is -1.52. The highest BCUT2D eigenvalue weighted by Crippen LogP contribution is 2.14. The molecule has 1 amide bonds. The van der Waals surface area contributed by atoms with Crippen LogP contribution in [0.2, 0.25) is 0 Å². The summed E-state index contributed by atoms with van der Waals surface area (Å²) in [4.78, 5) is 24.8. The van der Waals surface area contributed by atoms with Crippen molar-refractivity contribution in [3.63, 3.8) is 0 Å². The van der Waals surface area contributed by atoms with Crippen LogP contribution in [0.4, 0.5) is 0 Å². The van der Waals surface area contributed by atoms with E-state index >= 15 is 0 Å². The molecule has 1 aromatic carbocycles. The SMILES string of the molecule is C=CCN(CC=C)C(=O)/C=C(\C(=O)O)c1ccccc1. The van der Waals surface area contributed by atoms with Crippen molar-refractivity contribution in [2.45, 2.75) is 0 Å². The van der Waals surface area contributed by atoms with Crippen molar-refractivity contribution in [3.05, 3.63) is 67.3 Å². The van der Waals surface area contributed by atoms with E-state index in [0.717, 1.165) is 6.08 Å². The molecule has 0 heterocycles. The fourth-order valence-electron chi connectivity index (χ4n) is 1.67. The molecule has 0 unspecified atom stereocenters. The van der Waals surface area contributed by atoms with Crippen LogP contribution in [0.15, 0.2) is 61.7 Å². The van der Waals surface area contributed by atoms with Gasteiger partial charge in [-0.3, -0.25) is 4.79 Å². The van der Waals surface area contributed by atoms with Crippen LogP contribution in [0.1, 0.15) is 5.56 Å². The minimum Gasteiger partial charge on any atom is -0.478 e. The molecule has 0 saturated heterocycles. The summed E-state index contributed by atoms with van der Waals surface area (Å²) in [5.41, 5.74) is 0.458. The second-order valence-corrected chi connectivity index (χ2v) is 4.05. The Morgan fingerprint density at radius 3 is 2.10 bits per heavy atom. The van der Waals surface area contributed by atoms with Gasteiger partial charge in [0, 0.05) is 19.2 Å². The molecule has 20 heavy (non-hydrogen) atoms. The Labute approximate surface area is 118 Å². The van der Waals surface area contributed by atoms with Crippen molar-refractivity contribution in [2.75, 3.05) is 13.1 Å². The Hall–Kier alpha value is -2.62. The number of hydrogen-bond acceptors (Lipinski definition) is 2. The van der Waals surface area contributed by atoms with Crippen LogP contribution >= 0.6 is 0 Å². The molecular formula is C16H17NO3. The number of aliphatic carboxylic acids is 1. The minimum absolute atomic E-state index is 0.0336. The van der Waals surface area contributed by atoms with Crippen molar-refractivity contribution >= 4 is 17.4 Å². The molecular weight excluding hydrogens is 254 g/mol. The van der Waals surface area contributed by atoms with Gasteiger partial charge in [0.2, 0.25) is 5.91 Å². The first-order valence-electron chi connectivity index (χ1n) is 6.11. The van der Waals surface area contributed by atoms with Crippen LogP contribution in [0.3, 0.4) is 0 Å². The van der Waals surface area contributed by atoms with Crippen molar-refractivity contribution < 1.29 is 14.7 Å². The largest absolute Gasteiger partial charge is 0.478 e. The summed E-state index contributed by atoms with van der Waals surface area (Å²) in [5, 5.41) is 9.24. The number of carboxylic acids is 1. The van der Waals surface area contributed by atoms with Gasteiger partial charge in [0.05, 0.1) is 5.57 Å². The molecule has 0 aliphatic heterocycles. The number of carbonyl (C=O) groups excluding carboxylic acids is 1. The molecule has 1 N–H and O–H groups in total. The maximum Gasteiger partial charge on any atom is 0.336 e. The van der Waals surface area contributed by atoms with Crippen molar-refractivity contribution in [1.29, 1.82) is 0 Å². The van der Waals surface area contributed by atoms with Crippen LogP contribution in [0, 0.1) is 0 Å². The summed E-state index contributed by atoms with van der Waals surface area (Å²) in [6, 6.07) is 8.54. The Morgan fingerprint density at radius 2 is 1.65 bits per heavy atom. The lowest BCUT2D eigenvalue weighted by molar-refractivity contribution is -0.131. The molecule has 1 aromatic rings. The molecule has 0 aliphatic carbocycles. The Morgan fingerprint density at radius 1 is 1.10 bits per heavy atom. The second-order valence-electron chi connectivity index (χ2n) is 4.05. The Kier molecular flexibility index (Phi) is 5.97. The molecule has 104 valence electrons. The average Bonchev–Trinajstić information content (AvgIpc) is 2.45. The maximum atomic E-state index is 12.1. The topological polar surface area (TPSA) is 57.6 Å². The normalized spacial score (nSPS) is 10.7. The molecule has 0 aliphatic rings. The van der Waals surface area contributed by atoms with E-state index in [4.69, 9.17) is 0 Å². The van der Waals surface area contributed by atoms with Crippen molar-refractivity contribution in [3.8, 4) is 0 Å². The quantitative estimate of drug-likeness (QED) is 0.612. The van der Waals surface area contributed by atoms with Gasteiger partial charge in [-0.1, -0.05) is 42.5 Å². The van der Waals surface area contributed by atoms with E-state index in [1.807, 2.05) is 0 Å². The summed E-state index contributed by atoms with van der Waals surface area (Å²) >= 11 is 0. The molecule has 0 radical (unpaired) electrons. The third kappa shape index (κ3) is 4.24. The minimum atomic E-state index is -1.14. The summed E-state index contributed by atoms with van der Waals surface area (Å²) in [7, 11) is 0. The number of hydrogen-bond donors (Lipinski definition) is 1. The smallest absolute Gasteiger partial charge is 0.336 e.